The molecular formula is C18H21ClN2O5S2. The molecule has 0 bridgehead atoms. The van der Waals surface area contributed by atoms with E-state index in [2.05, 4.69) is 4.98 Å². The van der Waals surface area contributed by atoms with Crippen LogP contribution in [0.25, 0.3) is 0 Å². The van der Waals surface area contributed by atoms with Gasteiger partial charge in [-0.15, -0.1) is 0 Å². The van der Waals surface area contributed by atoms with Crippen molar-refractivity contribution in [3.63, 3.8) is 0 Å². The number of benzene rings is 1. The molecule has 1 saturated heterocycles. The Morgan fingerprint density at radius 2 is 1.86 bits per heavy atom. The van der Waals surface area contributed by atoms with Crippen LogP contribution in [0.15, 0.2) is 46.3 Å². The van der Waals surface area contributed by atoms with E-state index in [0.717, 1.165) is 6.26 Å². The fourth-order valence-corrected chi connectivity index (χ4v) is 6.00. The summed E-state index contributed by atoms with van der Waals surface area (Å²) in [7, 11) is -5.75. The minimum absolute atomic E-state index is 0.0497. The topological polar surface area (TPSA) is 93.6 Å². The van der Waals surface area contributed by atoms with E-state index in [1.165, 1.54) is 35.8 Å². The van der Waals surface area contributed by atoms with E-state index >= 15 is 0 Å². The van der Waals surface area contributed by atoms with Crippen LogP contribution in [0.2, 0.25) is 5.02 Å². The molecule has 3 rings (SSSR count). The summed E-state index contributed by atoms with van der Waals surface area (Å²) in [5, 5.41) is 0.225. The Morgan fingerprint density at radius 3 is 2.46 bits per heavy atom. The molecule has 28 heavy (non-hydrogen) atoms. The van der Waals surface area contributed by atoms with Gasteiger partial charge in [0.25, 0.3) is 0 Å². The minimum Gasteiger partial charge on any atom is -0.497 e. The second-order valence-electron chi connectivity index (χ2n) is 6.69. The van der Waals surface area contributed by atoms with E-state index in [0.29, 0.717) is 30.8 Å². The average molecular weight is 445 g/mol. The number of ether oxygens (including phenoxy) is 1. The van der Waals surface area contributed by atoms with Crippen LogP contribution in [0.5, 0.6) is 5.75 Å². The highest BCUT2D eigenvalue weighted by atomic mass is 35.5. The van der Waals surface area contributed by atoms with E-state index in [1.54, 1.807) is 12.1 Å². The van der Waals surface area contributed by atoms with Gasteiger partial charge in [-0.25, -0.2) is 16.8 Å². The molecule has 0 saturated carbocycles. The molecule has 0 unspecified atom stereocenters. The molecule has 152 valence electrons. The summed E-state index contributed by atoms with van der Waals surface area (Å²) in [5.74, 6) is 0.238. The Morgan fingerprint density at radius 1 is 1.18 bits per heavy atom. The molecular weight excluding hydrogens is 424 g/mol. The Kier molecular flexibility index (Phi) is 6.00. The molecule has 1 aliphatic rings. The molecule has 10 heteroatoms. The van der Waals surface area contributed by atoms with Crippen LogP contribution in [0, 0.1) is 0 Å². The lowest BCUT2D eigenvalue weighted by atomic mass is 9.95. The number of hydrogen-bond donors (Lipinski definition) is 0. The standard InChI is InChI=1S/C18H21ClN2O5S2/c1-26-15-5-7-16(8-6-15)28(24,25)21-9-3-4-13(12-21)18-17(27(2,22)23)10-14(19)11-20-18/h5-8,10-11,13H,3-4,9,12H2,1-2H3/t13-/m0/s1. The maximum atomic E-state index is 13.0. The number of piperidine rings is 1. The van der Waals surface area contributed by atoms with Gasteiger partial charge in [0.15, 0.2) is 9.84 Å². The zero-order valence-corrected chi connectivity index (χ0v) is 17.9. The van der Waals surface area contributed by atoms with Crippen molar-refractivity contribution in [2.24, 2.45) is 0 Å². The first-order valence-electron chi connectivity index (χ1n) is 8.62. The number of halogens is 1. The van der Waals surface area contributed by atoms with Crippen LogP contribution >= 0.6 is 11.6 Å². The van der Waals surface area contributed by atoms with Crippen molar-refractivity contribution < 1.29 is 21.6 Å². The monoisotopic (exact) mass is 444 g/mol. The first-order chi connectivity index (χ1) is 13.1. The molecule has 1 aromatic heterocycles. The Balaban J connectivity index is 1.92. The van der Waals surface area contributed by atoms with Crippen molar-refractivity contribution in [3.05, 3.63) is 47.2 Å². The van der Waals surface area contributed by atoms with Crippen molar-refractivity contribution >= 4 is 31.5 Å². The molecule has 1 fully saturated rings. The SMILES string of the molecule is COc1ccc(S(=O)(=O)N2CCC[C@H](c3ncc(Cl)cc3S(C)(=O)=O)C2)cc1. The number of rotatable bonds is 5. The first kappa shape index (κ1) is 21.0. The second-order valence-corrected chi connectivity index (χ2v) is 11.0. The van der Waals surface area contributed by atoms with Gasteiger partial charge in [0, 0.05) is 31.5 Å². The van der Waals surface area contributed by atoms with Crippen molar-refractivity contribution in [1.29, 1.82) is 0 Å². The second kappa shape index (κ2) is 7.98. The van der Waals surface area contributed by atoms with E-state index in [-0.39, 0.29) is 27.3 Å². The molecule has 0 amide bonds. The third-order valence-corrected chi connectivity index (χ3v) is 7.93. The fraction of sp³-hybridized carbons (Fsp3) is 0.389. The number of aromatic nitrogens is 1. The molecule has 1 aromatic carbocycles. The first-order valence-corrected chi connectivity index (χ1v) is 12.3. The Bertz CT molecular complexity index is 1070. The summed E-state index contributed by atoms with van der Waals surface area (Å²) in [6.45, 7) is 0.526. The molecule has 0 aliphatic carbocycles. The van der Waals surface area contributed by atoms with Crippen molar-refractivity contribution in [2.75, 3.05) is 26.5 Å². The third-order valence-electron chi connectivity index (χ3n) is 4.72. The molecule has 0 N–H and O–H groups in total. The molecule has 0 radical (unpaired) electrons. The van der Waals surface area contributed by atoms with E-state index < -0.39 is 19.9 Å². The van der Waals surface area contributed by atoms with Gasteiger partial charge in [0.1, 0.15) is 5.75 Å². The predicted octanol–water partition coefficient (Wildman–Crippen LogP) is 2.72. The van der Waals surface area contributed by atoms with Crippen LogP contribution in [-0.2, 0) is 19.9 Å². The Hall–Kier alpha value is -1.68. The van der Waals surface area contributed by atoms with Gasteiger partial charge in [-0.3, -0.25) is 4.98 Å². The molecule has 7 nitrogen and oxygen atoms in total. The minimum atomic E-state index is -3.71. The lowest BCUT2D eigenvalue weighted by Gasteiger charge is -2.32. The van der Waals surface area contributed by atoms with Gasteiger partial charge in [-0.1, -0.05) is 11.6 Å². The maximum absolute atomic E-state index is 13.0. The van der Waals surface area contributed by atoms with Gasteiger partial charge >= 0.3 is 0 Å². The van der Waals surface area contributed by atoms with Crippen LogP contribution < -0.4 is 4.74 Å². The van der Waals surface area contributed by atoms with Crippen LogP contribution in [0.4, 0.5) is 0 Å². The number of sulfone groups is 1. The van der Waals surface area contributed by atoms with Crippen LogP contribution in [0.3, 0.4) is 0 Å². The van der Waals surface area contributed by atoms with E-state index in [1.807, 2.05) is 0 Å². The zero-order chi connectivity index (χ0) is 20.5. The quantitative estimate of drug-likeness (QED) is 0.703. The van der Waals surface area contributed by atoms with Crippen LogP contribution in [-0.4, -0.2) is 52.6 Å². The lowest BCUT2D eigenvalue weighted by Crippen LogP contribution is -2.39. The number of nitrogens with zero attached hydrogens (tertiary/aromatic N) is 2. The van der Waals surface area contributed by atoms with E-state index in [9.17, 15) is 16.8 Å². The summed E-state index contributed by atoms with van der Waals surface area (Å²) in [4.78, 5) is 4.45. The van der Waals surface area contributed by atoms with Gasteiger partial charge in [-0.05, 0) is 43.2 Å². The van der Waals surface area contributed by atoms with Crippen molar-refractivity contribution in [3.8, 4) is 5.75 Å². The number of pyridine rings is 1. The molecule has 1 aliphatic heterocycles. The fourth-order valence-electron chi connectivity index (χ4n) is 3.32. The summed E-state index contributed by atoms with van der Waals surface area (Å²) < 4.78 is 56.8. The highest BCUT2D eigenvalue weighted by Crippen LogP contribution is 2.33. The van der Waals surface area contributed by atoms with Crippen molar-refractivity contribution in [1.82, 2.24) is 9.29 Å². The lowest BCUT2D eigenvalue weighted by molar-refractivity contribution is 0.310. The molecule has 1 atom stereocenters. The molecule has 0 spiro atoms. The summed E-state index contributed by atoms with van der Waals surface area (Å²) in [5.41, 5.74) is 0.363. The largest absolute Gasteiger partial charge is 0.497 e. The normalized spacial score (nSPS) is 18.8. The van der Waals surface area contributed by atoms with Gasteiger partial charge in [0.2, 0.25) is 10.0 Å². The summed E-state index contributed by atoms with van der Waals surface area (Å²) in [6, 6.07) is 7.56. The maximum Gasteiger partial charge on any atom is 0.243 e. The highest BCUT2D eigenvalue weighted by Gasteiger charge is 2.33. The number of hydrogen-bond acceptors (Lipinski definition) is 6. The van der Waals surface area contributed by atoms with Gasteiger partial charge in [0.05, 0.1) is 27.6 Å². The highest BCUT2D eigenvalue weighted by molar-refractivity contribution is 7.90. The third kappa shape index (κ3) is 4.32. The van der Waals surface area contributed by atoms with E-state index in [4.69, 9.17) is 16.3 Å². The van der Waals surface area contributed by atoms with Crippen LogP contribution in [0.1, 0.15) is 24.5 Å². The molecule has 2 aromatic rings. The smallest absolute Gasteiger partial charge is 0.243 e. The summed E-state index contributed by atoms with van der Waals surface area (Å²) >= 11 is 5.92. The number of sulfonamides is 1. The predicted molar refractivity (Wildman–Crippen MR) is 106 cm³/mol. The summed E-state index contributed by atoms with van der Waals surface area (Å²) in [6.07, 6.45) is 3.74. The van der Waals surface area contributed by atoms with Gasteiger partial charge < -0.3 is 4.74 Å². The zero-order valence-electron chi connectivity index (χ0n) is 15.5. The van der Waals surface area contributed by atoms with Crippen molar-refractivity contribution in [2.45, 2.75) is 28.6 Å². The molecule has 2 heterocycles. The Labute approximate surface area is 170 Å². The number of methoxy groups -OCH3 is 1. The van der Waals surface area contributed by atoms with Gasteiger partial charge in [-0.2, -0.15) is 4.31 Å². The average Bonchev–Trinajstić information content (AvgIpc) is 2.67.